The van der Waals surface area contributed by atoms with Gasteiger partial charge in [0.2, 0.25) is 0 Å². The molecule has 1 aliphatic rings. The summed E-state index contributed by atoms with van der Waals surface area (Å²) in [7, 11) is 0. The van der Waals surface area contributed by atoms with Gasteiger partial charge >= 0.3 is 5.97 Å². The number of H-pyrrole nitrogens is 1. The Morgan fingerprint density at radius 2 is 1.81 bits per heavy atom. The summed E-state index contributed by atoms with van der Waals surface area (Å²) in [6.45, 7) is 4.14. The number of benzene rings is 1. The number of hydrogen-bond acceptors (Lipinski definition) is 7. The lowest BCUT2D eigenvalue weighted by Crippen LogP contribution is -2.44. The second kappa shape index (κ2) is 9.31. The fourth-order valence-corrected chi connectivity index (χ4v) is 4.25. The van der Waals surface area contributed by atoms with Crippen LogP contribution in [-0.4, -0.2) is 50.6 Å². The number of nitrogens with one attached hydrogen (secondary N) is 2. The molecule has 36 heavy (non-hydrogen) atoms. The highest BCUT2D eigenvalue weighted by atomic mass is 16.5. The third-order valence-corrected chi connectivity index (χ3v) is 6.31. The number of esters is 1. The van der Waals surface area contributed by atoms with Crippen molar-refractivity contribution < 1.29 is 9.53 Å². The van der Waals surface area contributed by atoms with Crippen molar-refractivity contribution in [3.05, 3.63) is 84.6 Å². The van der Waals surface area contributed by atoms with E-state index in [0.717, 1.165) is 57.9 Å². The summed E-state index contributed by atoms with van der Waals surface area (Å²) in [6, 6.07) is 19.4. The molecule has 1 aliphatic heterocycles. The molecule has 5 heterocycles. The van der Waals surface area contributed by atoms with E-state index in [9.17, 15) is 4.79 Å². The first-order valence-electron chi connectivity index (χ1n) is 11.9. The first kappa shape index (κ1) is 22.1. The Kier molecular flexibility index (Phi) is 5.71. The molecule has 0 saturated carbocycles. The molecule has 4 aromatic heterocycles. The van der Waals surface area contributed by atoms with Gasteiger partial charge in [0, 0.05) is 47.4 Å². The number of aromatic amines is 1. The topological polar surface area (TPSA) is 106 Å². The van der Waals surface area contributed by atoms with E-state index in [1.54, 1.807) is 18.6 Å². The number of rotatable bonds is 6. The molecule has 0 radical (unpaired) electrons. The molecule has 1 aromatic carbocycles. The van der Waals surface area contributed by atoms with Gasteiger partial charge in [-0.2, -0.15) is 0 Å². The maximum absolute atomic E-state index is 12.5. The van der Waals surface area contributed by atoms with Crippen molar-refractivity contribution in [3.63, 3.8) is 0 Å². The number of carbonyl (C=O) groups excluding carboxylic acids is 1. The zero-order chi connectivity index (χ0) is 24.5. The van der Waals surface area contributed by atoms with E-state index in [2.05, 4.69) is 36.3 Å². The van der Waals surface area contributed by atoms with Gasteiger partial charge in [0.25, 0.3) is 0 Å². The molecule has 1 saturated heterocycles. The van der Waals surface area contributed by atoms with Gasteiger partial charge in [-0.1, -0.05) is 18.2 Å². The summed E-state index contributed by atoms with van der Waals surface area (Å²) in [4.78, 5) is 34.1. The number of carbonyl (C=O) groups is 1. The monoisotopic (exact) mass is 476 g/mol. The maximum Gasteiger partial charge on any atom is 0.356 e. The fraction of sp³-hybridized carbons (Fsp3) is 0.179. The molecule has 6 rings (SSSR count). The van der Waals surface area contributed by atoms with Crippen molar-refractivity contribution in [2.24, 2.45) is 5.92 Å². The minimum absolute atomic E-state index is 0.292. The molecule has 0 unspecified atom stereocenters. The van der Waals surface area contributed by atoms with Gasteiger partial charge in [-0.25, -0.2) is 14.8 Å². The highest BCUT2D eigenvalue weighted by Gasteiger charge is 2.20. The molecule has 5 aromatic rings. The highest BCUT2D eigenvalue weighted by Crippen LogP contribution is 2.31. The minimum atomic E-state index is -0.407. The number of ether oxygens (including phenoxy) is 1. The van der Waals surface area contributed by atoms with Crippen LogP contribution in [0.1, 0.15) is 16.2 Å². The lowest BCUT2D eigenvalue weighted by Gasteiger charge is -2.26. The van der Waals surface area contributed by atoms with Gasteiger partial charge in [0.15, 0.2) is 0 Å². The third kappa shape index (κ3) is 4.34. The van der Waals surface area contributed by atoms with E-state index in [0.29, 0.717) is 23.9 Å². The molecule has 2 N–H and O–H groups in total. The Morgan fingerprint density at radius 1 is 0.972 bits per heavy atom. The maximum atomic E-state index is 12.5. The van der Waals surface area contributed by atoms with Crippen LogP contribution in [0.5, 0.6) is 0 Å². The Bertz CT molecular complexity index is 1570. The minimum Gasteiger partial charge on any atom is -0.461 e. The van der Waals surface area contributed by atoms with Crippen LogP contribution < -0.4 is 5.32 Å². The first-order chi connectivity index (χ1) is 17.6. The molecule has 8 heteroatoms. The van der Waals surface area contributed by atoms with Crippen molar-refractivity contribution in [3.8, 4) is 33.9 Å². The molecule has 0 spiro atoms. The SMILES string of the molecule is Cc1cccc(-c2[nH]cnc2-c2ccc3ncc(-c4cccc(C(=O)OCC5CNC5)n4)cc3c2)n1. The van der Waals surface area contributed by atoms with Crippen molar-refractivity contribution in [2.75, 3.05) is 19.7 Å². The van der Waals surface area contributed by atoms with Crippen LogP contribution in [0, 0.1) is 12.8 Å². The van der Waals surface area contributed by atoms with Gasteiger partial charge in [-0.05, 0) is 49.4 Å². The van der Waals surface area contributed by atoms with E-state index in [-0.39, 0.29) is 0 Å². The van der Waals surface area contributed by atoms with Crippen LogP contribution in [0.4, 0.5) is 0 Å². The lowest BCUT2D eigenvalue weighted by molar-refractivity contribution is 0.0391. The van der Waals surface area contributed by atoms with Gasteiger partial charge in [0.05, 0.1) is 41.2 Å². The molecule has 1 fully saturated rings. The number of imidazole rings is 1. The number of hydrogen-bond donors (Lipinski definition) is 2. The molecule has 178 valence electrons. The summed E-state index contributed by atoms with van der Waals surface area (Å²) >= 11 is 0. The summed E-state index contributed by atoms with van der Waals surface area (Å²) in [5.41, 5.74) is 7.07. The molecular weight excluding hydrogens is 452 g/mol. The van der Waals surface area contributed by atoms with Crippen molar-refractivity contribution in [1.29, 1.82) is 0 Å². The van der Waals surface area contributed by atoms with E-state index < -0.39 is 5.97 Å². The average molecular weight is 477 g/mol. The molecule has 8 nitrogen and oxygen atoms in total. The standard InChI is InChI=1S/C28H24N6O2/c1-17-4-2-6-24(33-17)27-26(31-16-32-27)19-8-9-22-20(10-19)11-21(14-30-22)23-5-3-7-25(34-23)28(35)36-15-18-12-29-13-18/h2-11,14,16,18,29H,12-13,15H2,1H3,(H,31,32). The van der Waals surface area contributed by atoms with E-state index in [4.69, 9.17) is 4.74 Å². The Labute approximate surface area is 207 Å². The summed E-state index contributed by atoms with van der Waals surface area (Å²) in [5.74, 6) is -0.0247. The van der Waals surface area contributed by atoms with Crippen LogP contribution in [0.15, 0.2) is 73.2 Å². The first-order valence-corrected chi connectivity index (χ1v) is 11.9. The number of fused-ring (bicyclic) bond motifs is 1. The summed E-state index contributed by atoms with van der Waals surface area (Å²) in [6.07, 6.45) is 3.46. The number of aromatic nitrogens is 5. The fourth-order valence-electron chi connectivity index (χ4n) is 4.25. The lowest BCUT2D eigenvalue weighted by atomic mass is 10.0. The zero-order valence-corrected chi connectivity index (χ0v) is 19.7. The van der Waals surface area contributed by atoms with Gasteiger partial charge in [-0.3, -0.25) is 9.97 Å². The quantitative estimate of drug-likeness (QED) is 0.349. The van der Waals surface area contributed by atoms with Crippen LogP contribution in [0.3, 0.4) is 0 Å². The average Bonchev–Trinajstić information content (AvgIpc) is 3.37. The summed E-state index contributed by atoms with van der Waals surface area (Å²) < 4.78 is 5.43. The van der Waals surface area contributed by atoms with Crippen molar-refractivity contribution in [2.45, 2.75) is 6.92 Å². The zero-order valence-electron chi connectivity index (χ0n) is 19.7. The Balaban J connectivity index is 1.31. The Morgan fingerprint density at radius 3 is 2.64 bits per heavy atom. The van der Waals surface area contributed by atoms with Gasteiger partial charge < -0.3 is 15.0 Å². The second-order valence-electron chi connectivity index (χ2n) is 8.95. The molecule has 0 aliphatic carbocycles. The predicted octanol–water partition coefficient (Wildman–Crippen LogP) is 4.43. The normalized spacial score (nSPS) is 13.5. The number of aryl methyl sites for hydroxylation is 1. The van der Waals surface area contributed by atoms with E-state index in [1.807, 2.05) is 55.5 Å². The Hall–Kier alpha value is -4.43. The second-order valence-corrected chi connectivity index (χ2v) is 8.95. The van der Waals surface area contributed by atoms with Crippen LogP contribution in [0.25, 0.3) is 44.8 Å². The van der Waals surface area contributed by atoms with Crippen LogP contribution in [-0.2, 0) is 4.74 Å². The number of pyridine rings is 3. The molecular formula is C28H24N6O2. The predicted molar refractivity (Wildman–Crippen MR) is 137 cm³/mol. The van der Waals surface area contributed by atoms with Gasteiger partial charge in [0.1, 0.15) is 5.69 Å². The third-order valence-electron chi connectivity index (χ3n) is 6.31. The molecule has 0 atom stereocenters. The van der Waals surface area contributed by atoms with E-state index >= 15 is 0 Å². The van der Waals surface area contributed by atoms with Crippen molar-refractivity contribution >= 4 is 16.9 Å². The molecule has 0 bridgehead atoms. The van der Waals surface area contributed by atoms with Crippen LogP contribution >= 0.6 is 0 Å². The van der Waals surface area contributed by atoms with Crippen molar-refractivity contribution in [1.82, 2.24) is 30.2 Å². The van der Waals surface area contributed by atoms with Gasteiger partial charge in [-0.15, -0.1) is 0 Å². The highest BCUT2D eigenvalue weighted by molar-refractivity contribution is 5.90. The summed E-state index contributed by atoms with van der Waals surface area (Å²) in [5, 5.41) is 4.12. The van der Waals surface area contributed by atoms with E-state index in [1.165, 1.54) is 0 Å². The largest absolute Gasteiger partial charge is 0.461 e. The molecule has 0 amide bonds. The smallest absolute Gasteiger partial charge is 0.356 e. The van der Waals surface area contributed by atoms with Crippen LogP contribution in [0.2, 0.25) is 0 Å². The number of nitrogens with zero attached hydrogens (tertiary/aromatic N) is 4.